The SMILES string of the molecule is O=S(=O)(CC1CC1)Nc1ccc(CO)cc1. The van der Waals surface area contributed by atoms with Crippen LogP contribution < -0.4 is 4.72 Å². The third-order valence-electron chi connectivity index (χ3n) is 2.56. The number of hydrogen-bond donors (Lipinski definition) is 2. The Morgan fingerprint density at radius 1 is 1.25 bits per heavy atom. The number of benzene rings is 1. The molecular weight excluding hydrogens is 226 g/mol. The highest BCUT2D eigenvalue weighted by Crippen LogP contribution is 2.30. The maximum atomic E-state index is 11.6. The lowest BCUT2D eigenvalue weighted by Gasteiger charge is -2.07. The molecule has 88 valence electrons. The van der Waals surface area contributed by atoms with Gasteiger partial charge in [-0.1, -0.05) is 12.1 Å². The predicted octanol–water partition coefficient (Wildman–Crippen LogP) is 1.33. The molecule has 0 radical (unpaired) electrons. The smallest absolute Gasteiger partial charge is 0.232 e. The van der Waals surface area contributed by atoms with Crippen molar-refractivity contribution in [3.63, 3.8) is 0 Å². The molecule has 0 amide bonds. The van der Waals surface area contributed by atoms with Crippen molar-refractivity contribution in [2.24, 2.45) is 5.92 Å². The first kappa shape index (κ1) is 11.4. The standard InChI is InChI=1S/C11H15NO3S/c13-7-9-3-5-11(6-4-9)12-16(14,15)8-10-1-2-10/h3-6,10,12-13H,1-2,7-8H2. The van der Waals surface area contributed by atoms with E-state index in [1.54, 1.807) is 24.3 Å². The zero-order valence-electron chi connectivity index (χ0n) is 8.89. The summed E-state index contributed by atoms with van der Waals surface area (Å²) in [6.07, 6.45) is 2.04. The molecule has 2 rings (SSSR count). The summed E-state index contributed by atoms with van der Waals surface area (Å²) >= 11 is 0. The van der Waals surface area contributed by atoms with Crippen LogP contribution in [0.15, 0.2) is 24.3 Å². The number of sulfonamides is 1. The molecule has 5 heteroatoms. The van der Waals surface area contributed by atoms with Crippen LogP contribution in [0.2, 0.25) is 0 Å². The molecule has 1 fully saturated rings. The molecule has 0 atom stereocenters. The van der Waals surface area contributed by atoms with Crippen LogP contribution in [0.5, 0.6) is 0 Å². The summed E-state index contributed by atoms with van der Waals surface area (Å²) in [7, 11) is -3.20. The quantitative estimate of drug-likeness (QED) is 0.817. The molecule has 4 nitrogen and oxygen atoms in total. The van der Waals surface area contributed by atoms with Gasteiger partial charge in [0.2, 0.25) is 10.0 Å². The van der Waals surface area contributed by atoms with Crippen LogP contribution in [0.25, 0.3) is 0 Å². The molecule has 1 aromatic carbocycles. The highest BCUT2D eigenvalue weighted by molar-refractivity contribution is 7.92. The highest BCUT2D eigenvalue weighted by atomic mass is 32.2. The average Bonchev–Trinajstić information content (AvgIpc) is 3.01. The van der Waals surface area contributed by atoms with Gasteiger partial charge in [-0.15, -0.1) is 0 Å². The Hall–Kier alpha value is -1.07. The number of aliphatic hydroxyl groups is 1. The Labute approximate surface area is 95.4 Å². The van der Waals surface area contributed by atoms with Crippen LogP contribution in [-0.4, -0.2) is 19.3 Å². The fourth-order valence-corrected chi connectivity index (χ4v) is 3.03. The summed E-state index contributed by atoms with van der Waals surface area (Å²) in [5, 5.41) is 8.85. The predicted molar refractivity (Wildman–Crippen MR) is 62.5 cm³/mol. The minimum atomic E-state index is -3.20. The fraction of sp³-hybridized carbons (Fsp3) is 0.455. The number of anilines is 1. The van der Waals surface area contributed by atoms with Crippen LogP contribution >= 0.6 is 0 Å². The zero-order valence-corrected chi connectivity index (χ0v) is 9.70. The Morgan fingerprint density at radius 3 is 2.38 bits per heavy atom. The first-order valence-corrected chi connectivity index (χ1v) is 6.94. The fourth-order valence-electron chi connectivity index (χ4n) is 1.49. The molecule has 0 aliphatic heterocycles. The van der Waals surface area contributed by atoms with Gasteiger partial charge < -0.3 is 5.11 Å². The molecule has 16 heavy (non-hydrogen) atoms. The van der Waals surface area contributed by atoms with E-state index in [1.807, 2.05) is 0 Å². The molecule has 1 aliphatic carbocycles. The number of nitrogens with one attached hydrogen (secondary N) is 1. The minimum absolute atomic E-state index is 0.0326. The average molecular weight is 241 g/mol. The second-order valence-corrected chi connectivity index (χ2v) is 5.95. The zero-order chi connectivity index (χ0) is 11.6. The summed E-state index contributed by atoms with van der Waals surface area (Å²) in [6.45, 7) is -0.0326. The van der Waals surface area contributed by atoms with E-state index in [1.165, 1.54) is 0 Å². The van der Waals surface area contributed by atoms with Gasteiger partial charge in [0.25, 0.3) is 0 Å². The van der Waals surface area contributed by atoms with Crippen molar-refractivity contribution < 1.29 is 13.5 Å². The van der Waals surface area contributed by atoms with Crippen molar-refractivity contribution >= 4 is 15.7 Å². The Morgan fingerprint density at radius 2 is 1.88 bits per heavy atom. The summed E-state index contributed by atoms with van der Waals surface area (Å²) < 4.78 is 25.8. The van der Waals surface area contributed by atoms with Gasteiger partial charge in [0.15, 0.2) is 0 Å². The van der Waals surface area contributed by atoms with Crippen molar-refractivity contribution in [2.45, 2.75) is 19.4 Å². The van der Waals surface area contributed by atoms with Crippen LogP contribution in [0.1, 0.15) is 18.4 Å². The molecule has 1 saturated carbocycles. The van der Waals surface area contributed by atoms with Gasteiger partial charge in [0.05, 0.1) is 12.4 Å². The summed E-state index contributed by atoms with van der Waals surface area (Å²) in [5.41, 5.74) is 1.32. The maximum absolute atomic E-state index is 11.6. The number of aliphatic hydroxyl groups excluding tert-OH is 1. The molecule has 0 spiro atoms. The molecule has 0 bridgehead atoms. The largest absolute Gasteiger partial charge is 0.392 e. The van der Waals surface area contributed by atoms with E-state index in [0.29, 0.717) is 11.6 Å². The summed E-state index contributed by atoms with van der Waals surface area (Å²) in [6, 6.07) is 6.73. The second kappa shape index (κ2) is 4.43. The van der Waals surface area contributed by atoms with E-state index in [-0.39, 0.29) is 12.4 Å². The highest BCUT2D eigenvalue weighted by Gasteiger charge is 2.27. The Kier molecular flexibility index (Phi) is 3.16. The van der Waals surface area contributed by atoms with Crippen LogP contribution in [-0.2, 0) is 16.6 Å². The van der Waals surface area contributed by atoms with E-state index >= 15 is 0 Å². The third-order valence-corrected chi connectivity index (χ3v) is 4.02. The van der Waals surface area contributed by atoms with Gasteiger partial charge in [-0.05, 0) is 36.5 Å². The van der Waals surface area contributed by atoms with Gasteiger partial charge in [-0.2, -0.15) is 0 Å². The monoisotopic (exact) mass is 241 g/mol. The van der Waals surface area contributed by atoms with E-state index in [9.17, 15) is 8.42 Å². The summed E-state index contributed by atoms with van der Waals surface area (Å²) in [4.78, 5) is 0. The van der Waals surface area contributed by atoms with Crippen molar-refractivity contribution in [1.29, 1.82) is 0 Å². The van der Waals surface area contributed by atoms with E-state index < -0.39 is 10.0 Å². The van der Waals surface area contributed by atoms with Crippen LogP contribution in [0.3, 0.4) is 0 Å². The van der Waals surface area contributed by atoms with Crippen molar-refractivity contribution in [3.05, 3.63) is 29.8 Å². The number of rotatable bonds is 5. The van der Waals surface area contributed by atoms with Gasteiger partial charge in [0.1, 0.15) is 0 Å². The molecule has 0 aromatic heterocycles. The van der Waals surface area contributed by atoms with Crippen molar-refractivity contribution in [2.75, 3.05) is 10.5 Å². The van der Waals surface area contributed by atoms with E-state index in [4.69, 9.17) is 5.11 Å². The normalized spacial score (nSPS) is 16.1. The molecule has 0 unspecified atom stereocenters. The minimum Gasteiger partial charge on any atom is -0.392 e. The molecular formula is C11H15NO3S. The topological polar surface area (TPSA) is 66.4 Å². The molecule has 0 heterocycles. The lowest BCUT2D eigenvalue weighted by atomic mass is 10.2. The Balaban J connectivity index is 2.01. The molecule has 1 aromatic rings. The first-order chi connectivity index (χ1) is 7.59. The second-order valence-electron chi connectivity index (χ2n) is 4.18. The van der Waals surface area contributed by atoms with Crippen LogP contribution in [0.4, 0.5) is 5.69 Å². The maximum Gasteiger partial charge on any atom is 0.232 e. The lowest BCUT2D eigenvalue weighted by molar-refractivity contribution is 0.282. The van der Waals surface area contributed by atoms with Gasteiger partial charge in [0, 0.05) is 5.69 Å². The van der Waals surface area contributed by atoms with E-state index in [2.05, 4.69) is 4.72 Å². The van der Waals surface area contributed by atoms with Crippen molar-refractivity contribution in [3.8, 4) is 0 Å². The first-order valence-electron chi connectivity index (χ1n) is 5.29. The van der Waals surface area contributed by atoms with Gasteiger partial charge in [-0.25, -0.2) is 8.42 Å². The third kappa shape index (κ3) is 3.21. The molecule has 2 N–H and O–H groups in total. The lowest BCUT2D eigenvalue weighted by Crippen LogP contribution is -2.17. The summed E-state index contributed by atoms with van der Waals surface area (Å²) in [5.74, 6) is 0.559. The van der Waals surface area contributed by atoms with Crippen molar-refractivity contribution in [1.82, 2.24) is 0 Å². The molecule has 1 aliphatic rings. The molecule has 0 saturated heterocycles. The number of hydrogen-bond acceptors (Lipinski definition) is 3. The Bertz CT molecular complexity index is 449. The van der Waals surface area contributed by atoms with Crippen LogP contribution in [0, 0.1) is 5.92 Å². The van der Waals surface area contributed by atoms with E-state index in [0.717, 1.165) is 18.4 Å². The van der Waals surface area contributed by atoms with Gasteiger partial charge >= 0.3 is 0 Å². The van der Waals surface area contributed by atoms with Gasteiger partial charge in [-0.3, -0.25) is 4.72 Å².